The highest BCUT2D eigenvalue weighted by molar-refractivity contribution is 4.80. The summed E-state index contributed by atoms with van der Waals surface area (Å²) in [6.07, 6.45) is -2.85. The van der Waals surface area contributed by atoms with Gasteiger partial charge >= 0.3 is 6.18 Å². The van der Waals surface area contributed by atoms with Crippen molar-refractivity contribution in [2.75, 3.05) is 6.54 Å². The zero-order valence-electron chi connectivity index (χ0n) is 6.19. The molecule has 2 atom stereocenters. The van der Waals surface area contributed by atoms with E-state index in [4.69, 9.17) is 5.73 Å². The topological polar surface area (TPSA) is 26.0 Å². The SMILES string of the molecule is NC[C@H]1CC[C@@H](C(F)(F)F)C1. The van der Waals surface area contributed by atoms with Crippen molar-refractivity contribution in [1.82, 2.24) is 0 Å². The van der Waals surface area contributed by atoms with E-state index in [1.165, 1.54) is 0 Å². The number of halogens is 3. The molecule has 0 heterocycles. The number of alkyl halides is 3. The van der Waals surface area contributed by atoms with E-state index in [0.717, 1.165) is 0 Å². The van der Waals surface area contributed by atoms with Crippen LogP contribution in [0.25, 0.3) is 0 Å². The molecule has 4 heteroatoms. The van der Waals surface area contributed by atoms with E-state index in [1.54, 1.807) is 0 Å². The number of rotatable bonds is 1. The third-order valence-corrected chi connectivity index (χ3v) is 2.34. The Morgan fingerprint density at radius 3 is 2.18 bits per heavy atom. The Labute approximate surface area is 63.8 Å². The second-order valence-electron chi connectivity index (χ2n) is 3.15. The molecule has 1 saturated carbocycles. The van der Waals surface area contributed by atoms with Gasteiger partial charge in [0.15, 0.2) is 0 Å². The van der Waals surface area contributed by atoms with Crippen LogP contribution in [0.3, 0.4) is 0 Å². The van der Waals surface area contributed by atoms with Crippen LogP contribution in [0, 0.1) is 11.8 Å². The monoisotopic (exact) mass is 167 g/mol. The first-order valence-electron chi connectivity index (χ1n) is 3.81. The lowest BCUT2D eigenvalue weighted by Gasteiger charge is -2.13. The molecule has 0 radical (unpaired) electrons. The van der Waals surface area contributed by atoms with Gasteiger partial charge in [0, 0.05) is 0 Å². The zero-order chi connectivity index (χ0) is 8.48. The van der Waals surface area contributed by atoms with Gasteiger partial charge in [0.1, 0.15) is 0 Å². The van der Waals surface area contributed by atoms with Crippen LogP contribution in [0.2, 0.25) is 0 Å². The smallest absolute Gasteiger partial charge is 0.330 e. The Bertz CT molecular complexity index is 132. The molecule has 66 valence electrons. The van der Waals surface area contributed by atoms with Crippen LogP contribution < -0.4 is 5.73 Å². The van der Waals surface area contributed by atoms with Gasteiger partial charge in [0.05, 0.1) is 5.92 Å². The molecule has 0 saturated heterocycles. The minimum Gasteiger partial charge on any atom is -0.330 e. The quantitative estimate of drug-likeness (QED) is 0.634. The van der Waals surface area contributed by atoms with E-state index in [1.807, 2.05) is 0 Å². The average Bonchev–Trinajstić information content (AvgIpc) is 2.32. The van der Waals surface area contributed by atoms with Gasteiger partial charge < -0.3 is 5.73 Å². The van der Waals surface area contributed by atoms with Gasteiger partial charge in [-0.25, -0.2) is 0 Å². The maximum absolute atomic E-state index is 12.0. The first-order valence-corrected chi connectivity index (χ1v) is 3.81. The Morgan fingerprint density at radius 2 is 1.91 bits per heavy atom. The van der Waals surface area contributed by atoms with Crippen LogP contribution >= 0.6 is 0 Å². The highest BCUT2D eigenvalue weighted by atomic mass is 19.4. The van der Waals surface area contributed by atoms with Gasteiger partial charge in [-0.3, -0.25) is 0 Å². The molecule has 0 spiro atoms. The minimum absolute atomic E-state index is 0.0987. The van der Waals surface area contributed by atoms with Crippen molar-refractivity contribution < 1.29 is 13.2 Å². The summed E-state index contributed by atoms with van der Waals surface area (Å²) in [5.74, 6) is -0.988. The lowest BCUT2D eigenvalue weighted by Crippen LogP contribution is -2.21. The molecule has 0 amide bonds. The molecule has 0 aromatic rings. The third-order valence-electron chi connectivity index (χ3n) is 2.34. The highest BCUT2D eigenvalue weighted by Crippen LogP contribution is 2.41. The standard InChI is InChI=1S/C7H12F3N/c8-7(9,10)6-2-1-5(3-6)4-11/h5-6H,1-4,11H2/t5-,6+/m0/s1. The van der Waals surface area contributed by atoms with E-state index < -0.39 is 12.1 Å². The summed E-state index contributed by atoms with van der Waals surface area (Å²) >= 11 is 0. The van der Waals surface area contributed by atoms with Crippen LogP contribution in [0.15, 0.2) is 0 Å². The average molecular weight is 167 g/mol. The Hall–Kier alpha value is -0.250. The molecule has 1 aliphatic carbocycles. The van der Waals surface area contributed by atoms with Gasteiger partial charge in [-0.1, -0.05) is 0 Å². The molecule has 0 bridgehead atoms. The van der Waals surface area contributed by atoms with Gasteiger partial charge in [0.2, 0.25) is 0 Å². The summed E-state index contributed by atoms with van der Waals surface area (Å²) < 4.78 is 36.1. The molecular weight excluding hydrogens is 155 g/mol. The van der Waals surface area contributed by atoms with Crippen LogP contribution in [0.4, 0.5) is 13.2 Å². The fourth-order valence-electron chi connectivity index (χ4n) is 1.59. The third kappa shape index (κ3) is 2.09. The fourth-order valence-corrected chi connectivity index (χ4v) is 1.59. The van der Waals surface area contributed by atoms with Crippen molar-refractivity contribution >= 4 is 0 Å². The molecule has 1 rings (SSSR count). The molecular formula is C7H12F3N. The zero-order valence-corrected chi connectivity index (χ0v) is 6.19. The summed E-state index contributed by atoms with van der Waals surface area (Å²) in [6.45, 7) is 0.395. The molecule has 1 aliphatic rings. The van der Waals surface area contributed by atoms with E-state index in [0.29, 0.717) is 13.0 Å². The first-order chi connectivity index (χ1) is 5.04. The van der Waals surface area contributed by atoms with Gasteiger partial charge in [0.25, 0.3) is 0 Å². The molecule has 1 fully saturated rings. The number of nitrogens with two attached hydrogens (primary N) is 1. The molecule has 0 unspecified atom stereocenters. The van der Waals surface area contributed by atoms with E-state index >= 15 is 0 Å². The Morgan fingerprint density at radius 1 is 1.27 bits per heavy atom. The van der Waals surface area contributed by atoms with Gasteiger partial charge in [-0.15, -0.1) is 0 Å². The van der Waals surface area contributed by atoms with Crippen molar-refractivity contribution in [2.24, 2.45) is 17.6 Å². The van der Waals surface area contributed by atoms with E-state index in [9.17, 15) is 13.2 Å². The molecule has 0 aliphatic heterocycles. The Kier molecular flexibility index (Phi) is 2.42. The van der Waals surface area contributed by atoms with E-state index in [2.05, 4.69) is 0 Å². The van der Waals surface area contributed by atoms with Crippen LogP contribution in [-0.4, -0.2) is 12.7 Å². The van der Waals surface area contributed by atoms with Crippen molar-refractivity contribution in [3.05, 3.63) is 0 Å². The van der Waals surface area contributed by atoms with Crippen molar-refractivity contribution in [2.45, 2.75) is 25.4 Å². The van der Waals surface area contributed by atoms with Gasteiger partial charge in [-0.2, -0.15) is 13.2 Å². The van der Waals surface area contributed by atoms with Crippen molar-refractivity contribution in [3.63, 3.8) is 0 Å². The highest BCUT2D eigenvalue weighted by Gasteiger charge is 2.43. The van der Waals surface area contributed by atoms with Crippen molar-refractivity contribution in [3.8, 4) is 0 Å². The molecule has 0 aromatic carbocycles. The summed E-state index contributed by atoms with van der Waals surface area (Å²) in [4.78, 5) is 0. The summed E-state index contributed by atoms with van der Waals surface area (Å²) in [6, 6.07) is 0. The molecule has 11 heavy (non-hydrogen) atoms. The largest absolute Gasteiger partial charge is 0.391 e. The number of hydrogen-bond acceptors (Lipinski definition) is 1. The predicted molar refractivity (Wildman–Crippen MR) is 35.9 cm³/mol. The second kappa shape index (κ2) is 3.01. The Balaban J connectivity index is 2.42. The fraction of sp³-hybridized carbons (Fsp3) is 1.00. The van der Waals surface area contributed by atoms with Crippen LogP contribution in [0.5, 0.6) is 0 Å². The van der Waals surface area contributed by atoms with Crippen LogP contribution in [0.1, 0.15) is 19.3 Å². The van der Waals surface area contributed by atoms with E-state index in [-0.39, 0.29) is 18.8 Å². The summed E-state index contributed by atoms with van der Waals surface area (Å²) in [5.41, 5.74) is 5.27. The van der Waals surface area contributed by atoms with Gasteiger partial charge in [-0.05, 0) is 31.7 Å². The summed E-state index contributed by atoms with van der Waals surface area (Å²) in [5, 5.41) is 0. The molecule has 0 aromatic heterocycles. The number of hydrogen-bond donors (Lipinski definition) is 1. The predicted octanol–water partition coefficient (Wildman–Crippen LogP) is 1.92. The van der Waals surface area contributed by atoms with Crippen LogP contribution in [-0.2, 0) is 0 Å². The summed E-state index contributed by atoms with van der Waals surface area (Å²) in [7, 11) is 0. The minimum atomic E-state index is -4.00. The first kappa shape index (κ1) is 8.84. The normalized spacial score (nSPS) is 32.7. The second-order valence-corrected chi connectivity index (χ2v) is 3.15. The maximum atomic E-state index is 12.0. The maximum Gasteiger partial charge on any atom is 0.391 e. The lowest BCUT2D eigenvalue weighted by atomic mass is 10.1. The molecule has 2 N–H and O–H groups in total. The lowest BCUT2D eigenvalue weighted by molar-refractivity contribution is -0.173. The van der Waals surface area contributed by atoms with Crippen molar-refractivity contribution in [1.29, 1.82) is 0 Å². The molecule has 1 nitrogen and oxygen atoms in total.